The minimum atomic E-state index is -0.499. The number of nitrogens with zero attached hydrogens (tertiary/aromatic N) is 3. The number of benzene rings is 2. The highest BCUT2D eigenvalue weighted by Crippen LogP contribution is 2.27. The molecular weight excluding hydrogens is 390 g/mol. The number of pyridine rings is 1. The number of nitro groups is 1. The molecule has 0 radical (unpaired) electrons. The molecule has 142 valence electrons. The summed E-state index contributed by atoms with van der Waals surface area (Å²) < 4.78 is 1.89. The van der Waals surface area contributed by atoms with Crippen LogP contribution in [0.4, 0.5) is 5.69 Å². The lowest BCUT2D eigenvalue weighted by atomic mass is 10.1. The molecule has 0 spiro atoms. The van der Waals surface area contributed by atoms with Crippen molar-refractivity contribution in [2.24, 2.45) is 0 Å². The molecule has 4 aromatic rings. The summed E-state index contributed by atoms with van der Waals surface area (Å²) in [5.74, 6) is -0.257. The van der Waals surface area contributed by atoms with Crippen LogP contribution in [0.25, 0.3) is 23.0 Å². The van der Waals surface area contributed by atoms with Crippen LogP contribution < -0.4 is 0 Å². The van der Waals surface area contributed by atoms with Crippen molar-refractivity contribution in [1.82, 2.24) is 9.38 Å². The molecule has 0 saturated carbocycles. The first kappa shape index (κ1) is 18.6. The minimum Gasteiger partial charge on any atom is -0.300 e. The Bertz CT molecular complexity index is 1240. The van der Waals surface area contributed by atoms with Gasteiger partial charge < -0.3 is 0 Å². The number of hydrogen-bond donors (Lipinski definition) is 0. The molecule has 0 unspecified atom stereocenters. The van der Waals surface area contributed by atoms with E-state index in [2.05, 4.69) is 4.98 Å². The molecule has 2 heterocycles. The maximum atomic E-state index is 12.5. The SMILES string of the molecule is O=C(/C=C/c1c(-c2ccc(Cl)cc2)nc2ccccn12)c1ccc([N+](=O)[O-])cc1. The van der Waals surface area contributed by atoms with E-state index < -0.39 is 4.92 Å². The molecule has 0 amide bonds. The number of aromatic nitrogens is 2. The number of ketones is 1. The number of carbonyl (C=O) groups excluding carboxylic acids is 1. The van der Waals surface area contributed by atoms with Gasteiger partial charge in [0, 0.05) is 34.5 Å². The van der Waals surface area contributed by atoms with Crippen LogP contribution >= 0.6 is 11.6 Å². The zero-order valence-corrected chi connectivity index (χ0v) is 15.8. The van der Waals surface area contributed by atoms with Crippen LogP contribution in [0.1, 0.15) is 16.1 Å². The van der Waals surface area contributed by atoms with Gasteiger partial charge in [-0.3, -0.25) is 19.3 Å². The molecular formula is C22H14ClN3O3. The quantitative estimate of drug-likeness (QED) is 0.192. The summed E-state index contributed by atoms with van der Waals surface area (Å²) in [6.45, 7) is 0. The van der Waals surface area contributed by atoms with Gasteiger partial charge in [-0.2, -0.15) is 0 Å². The predicted octanol–water partition coefficient (Wildman–Crippen LogP) is 5.46. The summed E-state index contributed by atoms with van der Waals surface area (Å²) in [6.07, 6.45) is 5.02. The molecule has 0 saturated heterocycles. The van der Waals surface area contributed by atoms with Gasteiger partial charge in [0.05, 0.1) is 16.3 Å². The number of allylic oxidation sites excluding steroid dienone is 1. The molecule has 4 rings (SSSR count). The van der Waals surface area contributed by atoms with Crippen LogP contribution in [-0.4, -0.2) is 20.1 Å². The Morgan fingerprint density at radius 2 is 1.76 bits per heavy atom. The number of hydrogen-bond acceptors (Lipinski definition) is 4. The van der Waals surface area contributed by atoms with E-state index in [0.717, 1.165) is 22.6 Å². The third-order valence-electron chi connectivity index (χ3n) is 4.44. The van der Waals surface area contributed by atoms with E-state index in [0.29, 0.717) is 10.6 Å². The number of halogens is 1. The van der Waals surface area contributed by atoms with Gasteiger partial charge in [-0.05, 0) is 48.6 Å². The number of fused-ring (bicyclic) bond motifs is 1. The Hall–Kier alpha value is -3.77. The zero-order valence-electron chi connectivity index (χ0n) is 15.0. The van der Waals surface area contributed by atoms with Crippen molar-refractivity contribution in [3.8, 4) is 11.3 Å². The lowest BCUT2D eigenvalue weighted by Crippen LogP contribution is -1.96. The summed E-state index contributed by atoms with van der Waals surface area (Å²) in [7, 11) is 0. The number of nitro benzene ring substituents is 1. The summed E-state index contributed by atoms with van der Waals surface area (Å²) >= 11 is 5.99. The molecule has 2 aromatic heterocycles. The van der Waals surface area contributed by atoms with Crippen molar-refractivity contribution < 1.29 is 9.72 Å². The maximum Gasteiger partial charge on any atom is 0.269 e. The topological polar surface area (TPSA) is 77.5 Å². The fraction of sp³-hybridized carbons (Fsp3) is 0. The molecule has 6 nitrogen and oxygen atoms in total. The molecule has 2 aromatic carbocycles. The van der Waals surface area contributed by atoms with E-state index in [9.17, 15) is 14.9 Å². The van der Waals surface area contributed by atoms with Gasteiger partial charge in [0.2, 0.25) is 0 Å². The van der Waals surface area contributed by atoms with Crippen LogP contribution in [0.2, 0.25) is 5.02 Å². The monoisotopic (exact) mass is 403 g/mol. The van der Waals surface area contributed by atoms with Crippen LogP contribution in [0.3, 0.4) is 0 Å². The predicted molar refractivity (Wildman–Crippen MR) is 112 cm³/mol. The van der Waals surface area contributed by atoms with E-state index >= 15 is 0 Å². The Morgan fingerprint density at radius 1 is 1.03 bits per heavy atom. The van der Waals surface area contributed by atoms with E-state index in [-0.39, 0.29) is 11.5 Å². The van der Waals surface area contributed by atoms with Crippen molar-refractivity contribution in [1.29, 1.82) is 0 Å². The Morgan fingerprint density at radius 3 is 2.45 bits per heavy atom. The highest BCUT2D eigenvalue weighted by Gasteiger charge is 2.13. The molecule has 7 heteroatoms. The van der Waals surface area contributed by atoms with Gasteiger partial charge in [0.15, 0.2) is 5.78 Å². The van der Waals surface area contributed by atoms with Crippen molar-refractivity contribution in [2.45, 2.75) is 0 Å². The van der Waals surface area contributed by atoms with E-state index in [4.69, 9.17) is 11.6 Å². The highest BCUT2D eigenvalue weighted by atomic mass is 35.5. The second kappa shape index (κ2) is 7.69. The lowest BCUT2D eigenvalue weighted by molar-refractivity contribution is -0.384. The molecule has 0 aliphatic heterocycles. The Balaban J connectivity index is 1.73. The summed E-state index contributed by atoms with van der Waals surface area (Å²) in [5.41, 5.74) is 3.41. The molecule has 0 aliphatic rings. The average Bonchev–Trinajstić information content (AvgIpc) is 3.11. The standard InChI is InChI=1S/C22H14ClN3O3/c23-17-8-4-16(5-9-17)22-19(25-14-2-1-3-21(25)24-22)12-13-20(27)15-6-10-18(11-7-15)26(28)29/h1-14H/b13-12+. The van der Waals surface area contributed by atoms with Crippen molar-refractivity contribution >= 4 is 34.8 Å². The van der Waals surface area contributed by atoms with Crippen molar-refractivity contribution in [3.63, 3.8) is 0 Å². The minimum absolute atomic E-state index is 0.0580. The first-order valence-corrected chi connectivity index (χ1v) is 9.10. The van der Waals surface area contributed by atoms with Gasteiger partial charge in [-0.1, -0.05) is 29.8 Å². The number of carbonyl (C=O) groups is 1. The van der Waals surface area contributed by atoms with Crippen LogP contribution in [-0.2, 0) is 0 Å². The molecule has 0 bridgehead atoms. The second-order valence-corrected chi connectivity index (χ2v) is 6.72. The fourth-order valence-corrected chi connectivity index (χ4v) is 3.12. The first-order chi connectivity index (χ1) is 14.0. The Labute approximate surface area is 170 Å². The third kappa shape index (κ3) is 3.79. The van der Waals surface area contributed by atoms with Gasteiger partial charge in [-0.15, -0.1) is 0 Å². The van der Waals surface area contributed by atoms with Crippen molar-refractivity contribution in [3.05, 3.63) is 105 Å². The van der Waals surface area contributed by atoms with E-state index in [1.165, 1.54) is 30.3 Å². The summed E-state index contributed by atoms with van der Waals surface area (Å²) in [4.78, 5) is 27.5. The summed E-state index contributed by atoms with van der Waals surface area (Å²) in [5, 5.41) is 11.4. The normalized spacial score (nSPS) is 11.2. The average molecular weight is 404 g/mol. The molecule has 0 fully saturated rings. The number of non-ortho nitro benzene ring substituents is 1. The third-order valence-corrected chi connectivity index (χ3v) is 4.69. The zero-order chi connectivity index (χ0) is 20.4. The molecule has 0 atom stereocenters. The van der Waals surface area contributed by atoms with Crippen LogP contribution in [0.15, 0.2) is 79.0 Å². The molecule has 29 heavy (non-hydrogen) atoms. The van der Waals surface area contributed by atoms with E-state index in [1.807, 2.05) is 40.9 Å². The second-order valence-electron chi connectivity index (χ2n) is 6.28. The van der Waals surface area contributed by atoms with Gasteiger partial charge in [0.1, 0.15) is 5.65 Å². The Kier molecular flexibility index (Phi) is 4.93. The molecule has 0 N–H and O–H groups in total. The van der Waals surface area contributed by atoms with Gasteiger partial charge >= 0.3 is 0 Å². The van der Waals surface area contributed by atoms with Crippen molar-refractivity contribution in [2.75, 3.05) is 0 Å². The van der Waals surface area contributed by atoms with Crippen LogP contribution in [0.5, 0.6) is 0 Å². The van der Waals surface area contributed by atoms with Gasteiger partial charge in [0.25, 0.3) is 5.69 Å². The highest BCUT2D eigenvalue weighted by molar-refractivity contribution is 6.30. The number of rotatable bonds is 5. The van der Waals surface area contributed by atoms with Gasteiger partial charge in [-0.25, -0.2) is 4.98 Å². The first-order valence-electron chi connectivity index (χ1n) is 8.73. The largest absolute Gasteiger partial charge is 0.300 e. The lowest BCUT2D eigenvalue weighted by Gasteiger charge is -2.01. The molecule has 0 aliphatic carbocycles. The number of imidazole rings is 1. The van der Waals surface area contributed by atoms with Crippen LogP contribution in [0, 0.1) is 10.1 Å². The van der Waals surface area contributed by atoms with E-state index in [1.54, 1.807) is 18.2 Å². The maximum absolute atomic E-state index is 12.5. The fourth-order valence-electron chi connectivity index (χ4n) is 2.99. The summed E-state index contributed by atoms with van der Waals surface area (Å²) in [6, 6.07) is 18.5. The smallest absolute Gasteiger partial charge is 0.269 e.